The number of aliphatic hydroxyl groups is 1. The molecule has 0 bridgehead atoms. The van der Waals surface area contributed by atoms with Crippen LogP contribution < -0.4 is 19.5 Å². The Morgan fingerprint density at radius 2 is 1.93 bits per heavy atom. The average molecular weight is 583 g/mol. The van der Waals surface area contributed by atoms with Crippen LogP contribution in [0.1, 0.15) is 35.6 Å². The first-order valence-corrected chi connectivity index (χ1v) is 13.5. The van der Waals surface area contributed by atoms with Gasteiger partial charge >= 0.3 is 0 Å². The Morgan fingerprint density at radius 3 is 2.67 bits per heavy atom. The number of carbonyl (C=O) groups is 1. The first-order valence-electron chi connectivity index (χ1n) is 12.8. The Labute approximate surface area is 242 Å². The predicted molar refractivity (Wildman–Crippen MR) is 152 cm³/mol. The van der Waals surface area contributed by atoms with Crippen molar-refractivity contribution in [3.05, 3.63) is 100 Å². The minimum atomic E-state index is -1.39. The van der Waals surface area contributed by atoms with Crippen LogP contribution in [0.4, 0.5) is 0 Å². The molecule has 208 valence electrons. The van der Waals surface area contributed by atoms with Crippen LogP contribution >= 0.6 is 23.2 Å². The molecule has 3 aromatic rings. The van der Waals surface area contributed by atoms with E-state index in [4.69, 9.17) is 52.2 Å². The quantitative estimate of drug-likeness (QED) is 0.224. The molecule has 0 radical (unpaired) electrons. The lowest BCUT2D eigenvalue weighted by molar-refractivity contribution is -0.129. The van der Waals surface area contributed by atoms with Gasteiger partial charge in [0, 0.05) is 47.2 Å². The van der Waals surface area contributed by atoms with Gasteiger partial charge in [0.15, 0.2) is 23.1 Å². The molecule has 0 aromatic heterocycles. The highest BCUT2D eigenvalue weighted by Crippen LogP contribution is 2.45. The average Bonchev–Trinajstić information content (AvgIpc) is 3.58. The molecular weight excluding hydrogens is 555 g/mol. The van der Waals surface area contributed by atoms with Crippen molar-refractivity contribution in [1.29, 1.82) is 0 Å². The molecule has 2 aliphatic rings. The van der Waals surface area contributed by atoms with Crippen molar-refractivity contribution in [2.24, 2.45) is 4.99 Å². The van der Waals surface area contributed by atoms with Crippen molar-refractivity contribution in [3.8, 4) is 17.2 Å². The molecule has 2 atom stereocenters. The normalized spacial score (nSPS) is 19.1. The second-order valence-electron chi connectivity index (χ2n) is 9.32. The standard InChI is InChI=1S/C30H28Cl2N2O6/c1-2-12-30(29(36)33-17-19-4-11-25-26(15-19)39-18-38-25)27(23-10-7-21(31)16-24(23)32)40-28(34-30)20-5-8-22(9-6-20)37-14-3-13-35/h2,4-11,15-16,27,35H,1,3,12-14,17-18H2,(H,33,36)/t27-,30-/m1/s1. The number of amides is 1. The molecule has 40 heavy (non-hydrogen) atoms. The number of aliphatic hydroxyl groups excluding tert-OH is 1. The number of nitrogens with zero attached hydrogens (tertiary/aromatic N) is 1. The van der Waals surface area contributed by atoms with Gasteiger partial charge in [-0.25, -0.2) is 4.99 Å². The minimum Gasteiger partial charge on any atom is -0.494 e. The van der Waals surface area contributed by atoms with E-state index in [1.54, 1.807) is 36.4 Å². The van der Waals surface area contributed by atoms with Gasteiger partial charge in [-0.2, -0.15) is 0 Å². The Balaban J connectivity index is 1.46. The lowest BCUT2D eigenvalue weighted by Crippen LogP contribution is -2.47. The molecule has 0 unspecified atom stereocenters. The predicted octanol–water partition coefficient (Wildman–Crippen LogP) is 5.63. The van der Waals surface area contributed by atoms with Crippen LogP contribution in [0.5, 0.6) is 17.2 Å². The molecule has 0 fully saturated rings. The maximum atomic E-state index is 14.0. The summed E-state index contributed by atoms with van der Waals surface area (Å²) in [6.07, 6.45) is 1.52. The number of fused-ring (bicyclic) bond motifs is 1. The van der Waals surface area contributed by atoms with Crippen LogP contribution in [-0.4, -0.2) is 42.5 Å². The molecule has 2 aliphatic heterocycles. The zero-order valence-electron chi connectivity index (χ0n) is 21.6. The molecular formula is C30H28Cl2N2O6. The third-order valence-electron chi connectivity index (χ3n) is 6.62. The minimum absolute atomic E-state index is 0.0551. The molecule has 2 N–H and O–H groups in total. The topological polar surface area (TPSA) is 98.6 Å². The van der Waals surface area contributed by atoms with E-state index in [0.29, 0.717) is 51.4 Å². The first-order chi connectivity index (χ1) is 19.4. The zero-order valence-corrected chi connectivity index (χ0v) is 23.1. The van der Waals surface area contributed by atoms with Crippen LogP contribution in [0.2, 0.25) is 10.0 Å². The molecule has 2 heterocycles. The Morgan fingerprint density at radius 1 is 1.12 bits per heavy atom. The molecule has 10 heteroatoms. The number of hydrogen-bond donors (Lipinski definition) is 2. The summed E-state index contributed by atoms with van der Waals surface area (Å²) >= 11 is 12.8. The number of hydrogen-bond acceptors (Lipinski definition) is 7. The third kappa shape index (κ3) is 5.75. The SMILES string of the molecule is C=CC[C@@]1(C(=O)NCc2ccc3c(c2)OCO3)N=C(c2ccc(OCCCO)cc2)O[C@@H]1c1ccc(Cl)cc1Cl. The van der Waals surface area contributed by atoms with Crippen molar-refractivity contribution in [3.63, 3.8) is 0 Å². The summed E-state index contributed by atoms with van der Waals surface area (Å²) in [5.74, 6) is 1.88. The Bertz CT molecular complexity index is 1430. The Hall–Kier alpha value is -3.72. The van der Waals surface area contributed by atoms with Gasteiger partial charge in [-0.3, -0.25) is 4.79 Å². The van der Waals surface area contributed by atoms with E-state index in [2.05, 4.69) is 11.9 Å². The summed E-state index contributed by atoms with van der Waals surface area (Å²) in [5, 5.41) is 12.8. The monoisotopic (exact) mass is 582 g/mol. The summed E-state index contributed by atoms with van der Waals surface area (Å²) in [4.78, 5) is 18.9. The first kappa shape index (κ1) is 27.8. The molecule has 0 saturated heterocycles. The van der Waals surface area contributed by atoms with Gasteiger partial charge in [0.05, 0.1) is 6.61 Å². The third-order valence-corrected chi connectivity index (χ3v) is 7.18. The summed E-state index contributed by atoms with van der Waals surface area (Å²) in [6.45, 7) is 4.75. The van der Waals surface area contributed by atoms with Gasteiger partial charge in [-0.05, 0) is 54.1 Å². The molecule has 1 amide bonds. The number of carbonyl (C=O) groups excluding carboxylic acids is 1. The lowest BCUT2D eigenvalue weighted by Gasteiger charge is -2.30. The van der Waals surface area contributed by atoms with E-state index in [1.165, 1.54) is 0 Å². The highest BCUT2D eigenvalue weighted by molar-refractivity contribution is 6.35. The highest BCUT2D eigenvalue weighted by atomic mass is 35.5. The van der Waals surface area contributed by atoms with E-state index in [-0.39, 0.29) is 38.2 Å². The van der Waals surface area contributed by atoms with Gasteiger partial charge in [0.25, 0.3) is 5.91 Å². The maximum Gasteiger partial charge on any atom is 0.252 e. The number of ether oxygens (including phenoxy) is 4. The highest BCUT2D eigenvalue weighted by Gasteiger charge is 2.53. The Kier molecular flexibility index (Phi) is 8.49. The molecule has 8 nitrogen and oxygen atoms in total. The van der Waals surface area contributed by atoms with E-state index >= 15 is 0 Å². The fourth-order valence-corrected chi connectivity index (χ4v) is 5.12. The molecule has 3 aromatic carbocycles. The second kappa shape index (κ2) is 12.2. The smallest absolute Gasteiger partial charge is 0.252 e. The van der Waals surface area contributed by atoms with Crippen LogP contribution in [0, 0.1) is 0 Å². The van der Waals surface area contributed by atoms with Crippen LogP contribution in [0.15, 0.2) is 78.3 Å². The van der Waals surface area contributed by atoms with Crippen LogP contribution in [0.25, 0.3) is 0 Å². The van der Waals surface area contributed by atoms with Gasteiger partial charge in [-0.15, -0.1) is 6.58 Å². The number of benzene rings is 3. The van der Waals surface area contributed by atoms with Crippen LogP contribution in [-0.2, 0) is 16.1 Å². The molecule has 5 rings (SSSR count). The summed E-state index contributed by atoms with van der Waals surface area (Å²) < 4.78 is 22.9. The molecule has 0 saturated carbocycles. The maximum absolute atomic E-state index is 14.0. The number of aliphatic imine (C=N–C) groups is 1. The van der Waals surface area contributed by atoms with Gasteiger partial charge in [-0.1, -0.05) is 41.4 Å². The largest absolute Gasteiger partial charge is 0.494 e. The van der Waals surface area contributed by atoms with Crippen molar-refractivity contribution >= 4 is 35.0 Å². The van der Waals surface area contributed by atoms with Gasteiger partial charge in [0.1, 0.15) is 5.75 Å². The number of halogens is 2. The number of nitrogens with one attached hydrogen (secondary N) is 1. The van der Waals surface area contributed by atoms with Gasteiger partial charge < -0.3 is 29.4 Å². The van der Waals surface area contributed by atoms with Crippen molar-refractivity contribution < 1.29 is 28.8 Å². The fraction of sp³-hybridized carbons (Fsp3) is 0.267. The summed E-state index contributed by atoms with van der Waals surface area (Å²) in [6, 6.07) is 17.8. The fourth-order valence-electron chi connectivity index (χ4n) is 4.61. The van der Waals surface area contributed by atoms with E-state index in [1.807, 2.05) is 30.3 Å². The van der Waals surface area contributed by atoms with Crippen molar-refractivity contribution in [2.45, 2.75) is 31.0 Å². The van der Waals surface area contributed by atoms with Crippen molar-refractivity contribution in [1.82, 2.24) is 5.32 Å². The summed E-state index contributed by atoms with van der Waals surface area (Å²) in [5.41, 5.74) is 0.696. The lowest BCUT2D eigenvalue weighted by atomic mass is 9.84. The van der Waals surface area contributed by atoms with E-state index < -0.39 is 11.6 Å². The van der Waals surface area contributed by atoms with E-state index in [9.17, 15) is 4.79 Å². The summed E-state index contributed by atoms with van der Waals surface area (Å²) in [7, 11) is 0. The second-order valence-corrected chi connectivity index (χ2v) is 10.2. The van der Waals surface area contributed by atoms with Crippen molar-refractivity contribution in [2.75, 3.05) is 20.0 Å². The van der Waals surface area contributed by atoms with Gasteiger partial charge in [0.2, 0.25) is 12.7 Å². The molecule has 0 aliphatic carbocycles. The zero-order chi connectivity index (χ0) is 28.1. The number of rotatable bonds is 11. The van der Waals surface area contributed by atoms with Crippen LogP contribution in [0.3, 0.4) is 0 Å². The van der Waals surface area contributed by atoms with E-state index in [0.717, 1.165) is 5.56 Å². The molecule has 0 spiro atoms.